The van der Waals surface area contributed by atoms with Gasteiger partial charge in [-0.1, -0.05) is 31.2 Å². The van der Waals surface area contributed by atoms with Crippen LogP contribution in [-0.4, -0.2) is 60.7 Å². The largest absolute Gasteiger partial charge is 0.493 e. The van der Waals surface area contributed by atoms with Gasteiger partial charge in [0.05, 0.1) is 25.3 Å². The monoisotopic (exact) mass is 499 g/mol. The Morgan fingerprint density at radius 3 is 2.78 bits per heavy atom. The maximum Gasteiger partial charge on any atom is 0.239 e. The van der Waals surface area contributed by atoms with Gasteiger partial charge in [0.1, 0.15) is 11.6 Å². The summed E-state index contributed by atoms with van der Waals surface area (Å²) in [6.07, 6.45) is 2.82. The van der Waals surface area contributed by atoms with Crippen molar-refractivity contribution in [3.63, 3.8) is 0 Å². The van der Waals surface area contributed by atoms with Gasteiger partial charge in [-0.25, -0.2) is 4.39 Å². The van der Waals surface area contributed by atoms with Crippen LogP contribution in [0.4, 0.5) is 4.39 Å². The number of aryl methyl sites for hydroxylation is 1. The molecule has 1 aliphatic heterocycles. The van der Waals surface area contributed by atoms with Crippen molar-refractivity contribution in [1.82, 2.24) is 15.5 Å². The lowest BCUT2D eigenvalue weighted by Gasteiger charge is -2.26. The minimum Gasteiger partial charge on any atom is -0.493 e. The van der Waals surface area contributed by atoms with Crippen molar-refractivity contribution in [3.8, 4) is 5.75 Å². The molecular weight excluding hydrogens is 461 g/mol. The lowest BCUT2D eigenvalue weighted by Crippen LogP contribution is -2.51. The summed E-state index contributed by atoms with van der Waals surface area (Å²) in [6.45, 7) is 3.23. The van der Waals surface area contributed by atoms with E-state index in [0.29, 0.717) is 37.3 Å². The van der Waals surface area contributed by atoms with Gasteiger partial charge < -0.3 is 25.4 Å². The van der Waals surface area contributed by atoms with Crippen LogP contribution in [0.1, 0.15) is 49.3 Å². The first-order valence-corrected chi connectivity index (χ1v) is 12.8. The molecule has 0 fully saturated rings. The Morgan fingerprint density at radius 1 is 1.17 bits per heavy atom. The van der Waals surface area contributed by atoms with Gasteiger partial charge in [-0.3, -0.25) is 9.59 Å². The maximum atomic E-state index is 14.3. The molecule has 1 aliphatic rings. The number of nitrogens with one attached hydrogen (secondary N) is 2. The van der Waals surface area contributed by atoms with Crippen LogP contribution in [0.3, 0.4) is 0 Å². The first-order valence-electron chi connectivity index (χ1n) is 12.8. The first kappa shape index (κ1) is 27.6. The highest BCUT2D eigenvalue weighted by Crippen LogP contribution is 2.19. The van der Waals surface area contributed by atoms with Gasteiger partial charge >= 0.3 is 0 Å². The summed E-state index contributed by atoms with van der Waals surface area (Å²) in [4.78, 5) is 26.5. The standard InChI is InChI=1S/C28H38FN3O4/c1-3-20-8-7-9-21(12-20)17-30-18-26(33)25-15-22-13-23(29)16-24(14-22)36-11-6-4-5-10-28(35)32(2)19-27(34)31-25/h7-9,12-14,16,25-26,30,33H,3-6,10-11,15,17-19H2,1-2H3,(H,31,34). The third-order valence-corrected chi connectivity index (χ3v) is 6.39. The predicted octanol–water partition coefficient (Wildman–Crippen LogP) is 2.98. The van der Waals surface area contributed by atoms with Gasteiger partial charge in [-0.15, -0.1) is 0 Å². The van der Waals surface area contributed by atoms with Crippen LogP contribution in [0.15, 0.2) is 42.5 Å². The summed E-state index contributed by atoms with van der Waals surface area (Å²) >= 11 is 0. The van der Waals surface area contributed by atoms with E-state index in [4.69, 9.17) is 4.74 Å². The van der Waals surface area contributed by atoms with Gasteiger partial charge in [0, 0.05) is 32.6 Å². The van der Waals surface area contributed by atoms with Crippen molar-refractivity contribution in [2.45, 2.75) is 64.1 Å². The molecule has 2 unspecified atom stereocenters. The molecule has 0 spiro atoms. The van der Waals surface area contributed by atoms with Crippen LogP contribution < -0.4 is 15.4 Å². The molecule has 2 aromatic rings. The van der Waals surface area contributed by atoms with Gasteiger partial charge in [0.15, 0.2) is 0 Å². The lowest BCUT2D eigenvalue weighted by atomic mass is 10.00. The van der Waals surface area contributed by atoms with Gasteiger partial charge in [-0.2, -0.15) is 0 Å². The van der Waals surface area contributed by atoms with Crippen molar-refractivity contribution < 1.29 is 23.8 Å². The van der Waals surface area contributed by atoms with Crippen molar-refractivity contribution in [2.24, 2.45) is 0 Å². The van der Waals surface area contributed by atoms with Crippen LogP contribution >= 0.6 is 0 Å². The fraction of sp³-hybridized carbons (Fsp3) is 0.500. The number of amides is 2. The summed E-state index contributed by atoms with van der Waals surface area (Å²) < 4.78 is 20.0. The molecule has 2 aromatic carbocycles. The molecule has 36 heavy (non-hydrogen) atoms. The second-order valence-electron chi connectivity index (χ2n) is 9.45. The third kappa shape index (κ3) is 8.91. The Morgan fingerprint density at radius 2 is 1.97 bits per heavy atom. The zero-order valence-corrected chi connectivity index (χ0v) is 21.3. The number of rotatable bonds is 6. The van der Waals surface area contributed by atoms with Crippen molar-refractivity contribution in [1.29, 1.82) is 0 Å². The number of hydrogen-bond donors (Lipinski definition) is 3. The second-order valence-corrected chi connectivity index (χ2v) is 9.45. The highest BCUT2D eigenvalue weighted by atomic mass is 19.1. The fourth-order valence-corrected chi connectivity index (χ4v) is 4.32. The number of carbonyl (C=O) groups is 2. The van der Waals surface area contributed by atoms with E-state index in [1.807, 2.05) is 12.1 Å². The van der Waals surface area contributed by atoms with Gasteiger partial charge in [0.2, 0.25) is 11.8 Å². The zero-order chi connectivity index (χ0) is 25.9. The average molecular weight is 500 g/mol. The van der Waals surface area contributed by atoms with E-state index < -0.39 is 18.0 Å². The number of ether oxygens (including phenoxy) is 1. The summed E-state index contributed by atoms with van der Waals surface area (Å²) in [7, 11) is 1.60. The van der Waals surface area contributed by atoms with E-state index in [2.05, 4.69) is 29.7 Å². The number of aliphatic hydroxyl groups is 1. The third-order valence-electron chi connectivity index (χ3n) is 6.39. The Hall–Kier alpha value is -2.97. The summed E-state index contributed by atoms with van der Waals surface area (Å²) in [5, 5.41) is 17.1. The summed E-state index contributed by atoms with van der Waals surface area (Å²) in [6, 6.07) is 12.0. The van der Waals surface area contributed by atoms with Crippen LogP contribution in [0.5, 0.6) is 5.75 Å². The first-order chi connectivity index (χ1) is 17.3. The van der Waals surface area contributed by atoms with E-state index >= 15 is 0 Å². The van der Waals surface area contributed by atoms with Crippen LogP contribution in [0, 0.1) is 5.82 Å². The van der Waals surface area contributed by atoms with E-state index in [9.17, 15) is 19.1 Å². The number of hydrogen-bond acceptors (Lipinski definition) is 5. The average Bonchev–Trinajstić information content (AvgIpc) is 2.84. The van der Waals surface area contributed by atoms with Gasteiger partial charge in [-0.05, 0) is 60.9 Å². The Balaban J connectivity index is 1.72. The maximum absolute atomic E-state index is 14.3. The number of aliphatic hydroxyl groups excluding tert-OH is 1. The quantitative estimate of drug-likeness (QED) is 0.569. The number of likely N-dealkylation sites (N-methyl/N-ethyl adjacent to an activating group) is 1. The normalized spacial score (nSPS) is 18.9. The molecule has 7 nitrogen and oxygen atoms in total. The highest BCUT2D eigenvalue weighted by Gasteiger charge is 2.24. The highest BCUT2D eigenvalue weighted by molar-refractivity contribution is 5.84. The minimum absolute atomic E-state index is 0.0986. The van der Waals surface area contributed by atoms with Gasteiger partial charge in [0.25, 0.3) is 0 Å². The molecule has 3 rings (SSSR count). The minimum atomic E-state index is -0.934. The molecule has 0 aromatic heterocycles. The molecule has 2 bridgehead atoms. The molecule has 8 heteroatoms. The van der Waals surface area contributed by atoms with E-state index in [1.54, 1.807) is 13.1 Å². The second kappa shape index (κ2) is 13.9. The molecule has 2 atom stereocenters. The molecule has 2 amide bonds. The topological polar surface area (TPSA) is 90.9 Å². The number of benzene rings is 2. The smallest absolute Gasteiger partial charge is 0.239 e. The summed E-state index contributed by atoms with van der Waals surface area (Å²) in [5.41, 5.74) is 2.96. The number of halogens is 1. The van der Waals surface area contributed by atoms with Crippen molar-refractivity contribution in [3.05, 3.63) is 65.0 Å². The summed E-state index contributed by atoms with van der Waals surface area (Å²) in [5.74, 6) is -0.479. The van der Waals surface area contributed by atoms with Crippen molar-refractivity contribution in [2.75, 3.05) is 26.7 Å². The molecule has 3 N–H and O–H groups in total. The van der Waals surface area contributed by atoms with Crippen LogP contribution in [0.25, 0.3) is 0 Å². The Bertz CT molecular complexity index is 1020. The SMILES string of the molecule is CCc1cccc(CNCC(O)C2Cc3cc(F)cc(c3)OCCCCCC(=O)N(C)CC(=O)N2)c1. The fourth-order valence-electron chi connectivity index (χ4n) is 4.32. The molecule has 1 heterocycles. The molecule has 0 saturated heterocycles. The molecule has 196 valence electrons. The number of nitrogens with zero attached hydrogens (tertiary/aromatic N) is 1. The van der Waals surface area contributed by atoms with E-state index in [1.165, 1.54) is 22.6 Å². The van der Waals surface area contributed by atoms with Crippen LogP contribution in [0.2, 0.25) is 0 Å². The number of fused-ring (bicyclic) bond motifs is 2. The Kier molecular flexibility index (Phi) is 10.7. The molecule has 0 saturated carbocycles. The Labute approximate surface area is 213 Å². The van der Waals surface area contributed by atoms with Crippen LogP contribution in [-0.2, 0) is 29.0 Å². The van der Waals surface area contributed by atoms with E-state index in [-0.39, 0.29) is 31.3 Å². The van der Waals surface area contributed by atoms with E-state index in [0.717, 1.165) is 24.8 Å². The van der Waals surface area contributed by atoms with Crippen molar-refractivity contribution >= 4 is 11.8 Å². The number of carbonyl (C=O) groups excluding carboxylic acids is 2. The molecule has 0 radical (unpaired) electrons. The molecule has 0 aliphatic carbocycles. The lowest BCUT2D eigenvalue weighted by molar-refractivity contribution is -0.135. The zero-order valence-electron chi connectivity index (χ0n) is 21.3. The predicted molar refractivity (Wildman–Crippen MR) is 137 cm³/mol. The molecular formula is C28H38FN3O4.